The molecule has 0 heterocycles. The molecule has 1 aromatic rings. The first-order valence-electron chi connectivity index (χ1n) is 7.32. The Labute approximate surface area is 149 Å². The second kappa shape index (κ2) is 8.88. The molecule has 2 N–H and O–H groups in total. The van der Waals surface area contributed by atoms with Crippen molar-refractivity contribution in [3.8, 4) is 0 Å². The number of guanidine groups is 1. The van der Waals surface area contributed by atoms with Crippen molar-refractivity contribution in [1.82, 2.24) is 10.6 Å². The third kappa shape index (κ3) is 5.70. The van der Waals surface area contributed by atoms with E-state index in [4.69, 9.17) is 4.99 Å². The zero-order valence-electron chi connectivity index (χ0n) is 13.3. The monoisotopic (exact) mass is 419 g/mol. The molecule has 2 atom stereocenters. The van der Waals surface area contributed by atoms with Crippen LogP contribution in [0.4, 0.5) is 0 Å². The topological polar surface area (TPSA) is 36.4 Å². The largest absolute Gasteiger partial charge is 0.357 e. The SMILES string of the molecule is CCNC(=NCc1ccc(C)cc1SC)NC1CC1C.I. The summed E-state index contributed by atoms with van der Waals surface area (Å²) in [6.45, 7) is 8.13. The molecule has 1 aliphatic rings. The molecule has 2 rings (SSSR count). The van der Waals surface area contributed by atoms with E-state index in [1.54, 1.807) is 11.8 Å². The van der Waals surface area contributed by atoms with Crippen LogP contribution in [0.2, 0.25) is 0 Å². The van der Waals surface area contributed by atoms with Crippen molar-refractivity contribution in [2.24, 2.45) is 10.9 Å². The number of nitrogens with zero attached hydrogens (tertiary/aromatic N) is 1. The summed E-state index contributed by atoms with van der Waals surface area (Å²) in [5, 5.41) is 6.82. The minimum absolute atomic E-state index is 0. The van der Waals surface area contributed by atoms with Crippen LogP contribution in [0.5, 0.6) is 0 Å². The smallest absolute Gasteiger partial charge is 0.191 e. The average molecular weight is 419 g/mol. The minimum atomic E-state index is 0. The molecule has 5 heteroatoms. The Bertz CT molecular complexity index is 490. The molecule has 2 unspecified atom stereocenters. The van der Waals surface area contributed by atoms with E-state index in [9.17, 15) is 0 Å². The van der Waals surface area contributed by atoms with Gasteiger partial charge >= 0.3 is 0 Å². The number of benzene rings is 1. The lowest BCUT2D eigenvalue weighted by atomic mass is 10.1. The molecule has 0 radical (unpaired) electrons. The average Bonchev–Trinajstić information content (AvgIpc) is 3.12. The van der Waals surface area contributed by atoms with Crippen LogP contribution in [-0.2, 0) is 6.54 Å². The Balaban J connectivity index is 0.00000220. The van der Waals surface area contributed by atoms with E-state index in [0.29, 0.717) is 6.04 Å². The van der Waals surface area contributed by atoms with Gasteiger partial charge in [0, 0.05) is 17.5 Å². The van der Waals surface area contributed by atoms with E-state index in [-0.39, 0.29) is 24.0 Å². The van der Waals surface area contributed by atoms with Crippen LogP contribution in [0.1, 0.15) is 31.4 Å². The predicted octanol–water partition coefficient (Wildman–Crippen LogP) is 3.80. The molecule has 0 amide bonds. The van der Waals surface area contributed by atoms with Gasteiger partial charge in [-0.05, 0) is 49.6 Å². The first kappa shape index (κ1) is 18.6. The number of thioether (sulfide) groups is 1. The highest BCUT2D eigenvalue weighted by atomic mass is 127. The molecule has 0 aromatic heterocycles. The third-order valence-electron chi connectivity index (χ3n) is 3.63. The number of hydrogen-bond acceptors (Lipinski definition) is 2. The molecule has 1 saturated carbocycles. The van der Waals surface area contributed by atoms with Gasteiger partial charge in [0.2, 0.25) is 0 Å². The van der Waals surface area contributed by atoms with Crippen LogP contribution in [0.15, 0.2) is 28.1 Å². The molecule has 0 bridgehead atoms. The number of rotatable bonds is 5. The van der Waals surface area contributed by atoms with Gasteiger partial charge in [-0.15, -0.1) is 35.7 Å². The Kier molecular flexibility index (Phi) is 7.87. The summed E-state index contributed by atoms with van der Waals surface area (Å²) in [6, 6.07) is 7.19. The number of halogens is 1. The van der Waals surface area contributed by atoms with Crippen LogP contribution < -0.4 is 10.6 Å². The van der Waals surface area contributed by atoms with Crippen molar-refractivity contribution in [2.45, 2.75) is 44.7 Å². The first-order chi connectivity index (χ1) is 9.63. The summed E-state index contributed by atoms with van der Waals surface area (Å²) in [5.74, 6) is 1.72. The maximum Gasteiger partial charge on any atom is 0.191 e. The lowest BCUT2D eigenvalue weighted by Gasteiger charge is -2.12. The Morgan fingerprint density at radius 3 is 2.71 bits per heavy atom. The fourth-order valence-electron chi connectivity index (χ4n) is 2.17. The van der Waals surface area contributed by atoms with Crippen molar-refractivity contribution < 1.29 is 0 Å². The maximum atomic E-state index is 4.72. The third-order valence-corrected chi connectivity index (χ3v) is 4.45. The molecule has 1 aromatic carbocycles. The molecule has 21 heavy (non-hydrogen) atoms. The highest BCUT2D eigenvalue weighted by Crippen LogP contribution is 2.28. The van der Waals surface area contributed by atoms with Crippen LogP contribution in [0.3, 0.4) is 0 Å². The Morgan fingerprint density at radius 2 is 2.14 bits per heavy atom. The lowest BCUT2D eigenvalue weighted by molar-refractivity contribution is 0.765. The maximum absolute atomic E-state index is 4.72. The summed E-state index contributed by atoms with van der Waals surface area (Å²) in [4.78, 5) is 6.04. The standard InChI is InChI=1S/C16H25N3S.HI/c1-5-17-16(19-14-9-12(14)3)18-10-13-7-6-11(2)8-15(13)20-4;/h6-8,12,14H,5,9-10H2,1-4H3,(H2,17,18,19);1H. The van der Waals surface area contributed by atoms with E-state index in [1.165, 1.54) is 22.4 Å². The van der Waals surface area contributed by atoms with Gasteiger partial charge in [-0.1, -0.05) is 19.1 Å². The summed E-state index contributed by atoms with van der Waals surface area (Å²) in [7, 11) is 0. The van der Waals surface area contributed by atoms with Crippen LogP contribution in [0.25, 0.3) is 0 Å². The molecule has 118 valence electrons. The van der Waals surface area contributed by atoms with Gasteiger partial charge in [-0.25, -0.2) is 4.99 Å². The van der Waals surface area contributed by atoms with Gasteiger partial charge < -0.3 is 10.6 Å². The molecule has 0 saturated heterocycles. The van der Waals surface area contributed by atoms with Crippen LogP contribution >= 0.6 is 35.7 Å². The van der Waals surface area contributed by atoms with Crippen molar-refractivity contribution in [1.29, 1.82) is 0 Å². The number of nitrogens with one attached hydrogen (secondary N) is 2. The van der Waals surface area contributed by atoms with Crippen molar-refractivity contribution >= 4 is 41.7 Å². The van der Waals surface area contributed by atoms with Crippen molar-refractivity contribution in [3.05, 3.63) is 29.3 Å². The fourth-order valence-corrected chi connectivity index (χ4v) is 2.86. The molecule has 1 aliphatic carbocycles. The van der Waals surface area contributed by atoms with E-state index >= 15 is 0 Å². The number of aliphatic imine (C=N–C) groups is 1. The Hall–Kier alpha value is -0.430. The summed E-state index contributed by atoms with van der Waals surface area (Å²) >= 11 is 1.79. The second-order valence-electron chi connectivity index (χ2n) is 5.47. The van der Waals surface area contributed by atoms with E-state index < -0.39 is 0 Å². The van der Waals surface area contributed by atoms with Gasteiger partial charge in [0.25, 0.3) is 0 Å². The van der Waals surface area contributed by atoms with Crippen molar-refractivity contribution in [2.75, 3.05) is 12.8 Å². The van der Waals surface area contributed by atoms with Crippen LogP contribution in [-0.4, -0.2) is 24.8 Å². The van der Waals surface area contributed by atoms with Gasteiger partial charge in [0.05, 0.1) is 6.54 Å². The van der Waals surface area contributed by atoms with Gasteiger partial charge in [0.1, 0.15) is 0 Å². The second-order valence-corrected chi connectivity index (χ2v) is 6.32. The molecule has 1 fully saturated rings. The van der Waals surface area contributed by atoms with Gasteiger partial charge in [-0.2, -0.15) is 0 Å². The molecule has 0 spiro atoms. The van der Waals surface area contributed by atoms with Crippen LogP contribution in [0, 0.1) is 12.8 Å². The van der Waals surface area contributed by atoms with Crippen molar-refractivity contribution in [3.63, 3.8) is 0 Å². The van der Waals surface area contributed by atoms with E-state index in [0.717, 1.165) is 25.0 Å². The molecular formula is C16H26IN3S. The molecular weight excluding hydrogens is 393 g/mol. The summed E-state index contributed by atoms with van der Waals surface area (Å²) < 4.78 is 0. The van der Waals surface area contributed by atoms with E-state index in [2.05, 4.69) is 55.9 Å². The zero-order chi connectivity index (χ0) is 14.5. The highest BCUT2D eigenvalue weighted by Gasteiger charge is 2.33. The predicted molar refractivity (Wildman–Crippen MR) is 104 cm³/mol. The molecule has 0 aliphatic heterocycles. The number of aryl methyl sites for hydroxylation is 1. The van der Waals surface area contributed by atoms with E-state index in [1.807, 2.05) is 0 Å². The zero-order valence-corrected chi connectivity index (χ0v) is 16.4. The van der Waals surface area contributed by atoms with Gasteiger partial charge in [-0.3, -0.25) is 0 Å². The van der Waals surface area contributed by atoms with Gasteiger partial charge in [0.15, 0.2) is 5.96 Å². The fraction of sp³-hybridized carbons (Fsp3) is 0.562. The first-order valence-corrected chi connectivity index (χ1v) is 8.55. The molecule has 3 nitrogen and oxygen atoms in total. The quantitative estimate of drug-likeness (QED) is 0.330. The highest BCUT2D eigenvalue weighted by molar-refractivity contribution is 14.0. The summed E-state index contributed by atoms with van der Waals surface area (Å²) in [6.07, 6.45) is 3.38. The lowest BCUT2D eigenvalue weighted by Crippen LogP contribution is -2.39. The normalized spacial score (nSPS) is 20.7. The summed E-state index contributed by atoms with van der Waals surface area (Å²) in [5.41, 5.74) is 2.60. The number of hydrogen-bond donors (Lipinski definition) is 2. The Morgan fingerprint density at radius 1 is 1.43 bits per heavy atom. The minimum Gasteiger partial charge on any atom is -0.357 e.